The minimum absolute atomic E-state index is 0.754. The molecule has 1 fully saturated rings. The molecule has 0 amide bonds. The van der Waals surface area contributed by atoms with E-state index in [1.807, 2.05) is 0 Å². The van der Waals surface area contributed by atoms with Crippen LogP contribution in [0.15, 0.2) is 30.3 Å². The maximum atomic E-state index is 10.2. The zero-order chi connectivity index (χ0) is 38.0. The van der Waals surface area contributed by atoms with Crippen molar-refractivity contribution >= 4 is 18.6 Å². The molecule has 2 rings (SSSR count). The molecule has 306 valence electrons. The summed E-state index contributed by atoms with van der Waals surface area (Å²) in [6.07, 6.45) is 60.1. The van der Waals surface area contributed by atoms with E-state index in [0.717, 1.165) is 44.2 Å². The van der Waals surface area contributed by atoms with Crippen molar-refractivity contribution in [1.82, 2.24) is 0 Å². The molecule has 0 aliphatic heterocycles. The molecule has 1 aliphatic carbocycles. The maximum Gasteiger partial charge on any atom is 0.119 e. The first-order chi connectivity index (χ1) is 26.3. The van der Waals surface area contributed by atoms with E-state index >= 15 is 0 Å². The third-order valence-corrected chi connectivity index (χ3v) is 11.7. The number of allylic oxidation sites excluding steroid dienone is 1. The smallest absolute Gasteiger partial charge is 0.119 e. The molecule has 1 saturated carbocycles. The fraction of sp³-hybridized carbons (Fsp3) is 0.804. The van der Waals surface area contributed by atoms with Crippen LogP contribution >= 0.6 is 0 Å². The van der Waals surface area contributed by atoms with E-state index in [4.69, 9.17) is 0 Å². The average Bonchev–Trinajstić information content (AvgIpc) is 3.17. The molecule has 0 N–H and O–H groups in total. The van der Waals surface area contributed by atoms with E-state index in [2.05, 4.69) is 43.3 Å². The fourth-order valence-electron chi connectivity index (χ4n) is 8.22. The van der Waals surface area contributed by atoms with Gasteiger partial charge in [0.2, 0.25) is 0 Å². The van der Waals surface area contributed by atoms with Gasteiger partial charge < -0.3 is 9.59 Å². The second kappa shape index (κ2) is 41.5. The highest BCUT2D eigenvalue weighted by atomic mass is 16.1. The molecule has 0 heterocycles. The van der Waals surface area contributed by atoms with E-state index < -0.39 is 0 Å². The Balaban J connectivity index is 0.000000530. The second-order valence-corrected chi connectivity index (χ2v) is 16.9. The van der Waals surface area contributed by atoms with Crippen molar-refractivity contribution in [1.29, 1.82) is 0 Å². The average molecular weight is 735 g/mol. The first-order valence-electron chi connectivity index (χ1n) is 23.9. The summed E-state index contributed by atoms with van der Waals surface area (Å²) < 4.78 is 0. The number of aldehydes is 2. The van der Waals surface area contributed by atoms with Crippen molar-refractivity contribution in [2.75, 3.05) is 0 Å². The van der Waals surface area contributed by atoms with Crippen molar-refractivity contribution in [3.8, 4) is 0 Å². The van der Waals surface area contributed by atoms with Gasteiger partial charge in [-0.1, -0.05) is 254 Å². The van der Waals surface area contributed by atoms with Crippen LogP contribution in [-0.4, -0.2) is 12.6 Å². The molecular formula is C51H90O2. The van der Waals surface area contributed by atoms with Crippen LogP contribution in [0, 0.1) is 12.8 Å². The van der Waals surface area contributed by atoms with Crippen molar-refractivity contribution in [3.63, 3.8) is 0 Å². The first kappa shape index (κ1) is 49.3. The molecule has 0 radical (unpaired) electrons. The maximum absolute atomic E-state index is 10.2. The van der Waals surface area contributed by atoms with E-state index in [1.165, 1.54) is 236 Å². The number of aryl methyl sites for hydroxylation is 1. The highest BCUT2D eigenvalue weighted by Gasteiger charge is 2.12. The molecule has 0 aromatic heterocycles. The van der Waals surface area contributed by atoms with Gasteiger partial charge in [-0.2, -0.15) is 0 Å². The number of carbonyl (C=O) groups is 2. The molecule has 0 unspecified atom stereocenters. The van der Waals surface area contributed by atoms with E-state index in [9.17, 15) is 9.59 Å². The van der Waals surface area contributed by atoms with E-state index in [0.29, 0.717) is 0 Å². The molecule has 2 nitrogen and oxygen atoms in total. The standard InChI is InChI=1S/C26H42O.C25H48O/c1-25-20-19-22-26(24-25)21-17-15-13-11-9-7-5-3-2-4-6-8-10-12-14-16-18-23-27;26-24-20-15-13-11-9-7-5-3-1-2-4-6-8-10-12-14-17-21-25-22-18-16-19-23-25/h17,19-24H,2-16,18H2,1H3;24-25H,1-23H2/b21-17+;. The van der Waals surface area contributed by atoms with Gasteiger partial charge in [0.25, 0.3) is 0 Å². The number of carbonyl (C=O) groups excluding carboxylic acids is 2. The van der Waals surface area contributed by atoms with E-state index in [1.54, 1.807) is 0 Å². The Bertz CT molecular complexity index is 913. The van der Waals surface area contributed by atoms with Crippen LogP contribution in [0.1, 0.15) is 262 Å². The van der Waals surface area contributed by atoms with Crippen LogP contribution in [0.5, 0.6) is 0 Å². The Morgan fingerprint density at radius 2 is 0.811 bits per heavy atom. The van der Waals surface area contributed by atoms with Crippen LogP contribution in [0.4, 0.5) is 0 Å². The summed E-state index contributed by atoms with van der Waals surface area (Å²) in [6.45, 7) is 2.15. The molecule has 1 aromatic carbocycles. The molecular weight excluding hydrogens is 645 g/mol. The van der Waals surface area contributed by atoms with Crippen molar-refractivity contribution < 1.29 is 9.59 Å². The van der Waals surface area contributed by atoms with Gasteiger partial charge in [0.1, 0.15) is 12.6 Å². The molecule has 53 heavy (non-hydrogen) atoms. The van der Waals surface area contributed by atoms with Crippen LogP contribution in [0.25, 0.3) is 6.08 Å². The third kappa shape index (κ3) is 37.0. The third-order valence-electron chi connectivity index (χ3n) is 11.7. The number of hydrogen-bond acceptors (Lipinski definition) is 2. The lowest BCUT2D eigenvalue weighted by Gasteiger charge is -2.21. The lowest BCUT2D eigenvalue weighted by atomic mass is 9.85. The fourth-order valence-corrected chi connectivity index (χ4v) is 8.22. The number of benzene rings is 1. The summed E-state index contributed by atoms with van der Waals surface area (Å²) >= 11 is 0. The Labute approximate surface area is 331 Å². The Morgan fingerprint density at radius 3 is 1.19 bits per heavy atom. The van der Waals surface area contributed by atoms with Gasteiger partial charge in [0, 0.05) is 12.8 Å². The van der Waals surface area contributed by atoms with Gasteiger partial charge in [0.15, 0.2) is 0 Å². The second-order valence-electron chi connectivity index (χ2n) is 16.9. The van der Waals surface area contributed by atoms with Gasteiger partial charge >= 0.3 is 0 Å². The normalized spacial score (nSPS) is 13.3. The minimum Gasteiger partial charge on any atom is -0.303 e. The Morgan fingerprint density at radius 1 is 0.453 bits per heavy atom. The molecule has 2 heteroatoms. The summed E-state index contributed by atoms with van der Waals surface area (Å²) in [6, 6.07) is 8.70. The highest BCUT2D eigenvalue weighted by molar-refractivity contribution is 5.50. The molecule has 1 aliphatic rings. The molecule has 0 atom stereocenters. The van der Waals surface area contributed by atoms with Crippen molar-refractivity contribution in [3.05, 3.63) is 41.5 Å². The number of rotatable bonds is 37. The van der Waals surface area contributed by atoms with Crippen molar-refractivity contribution in [2.45, 2.75) is 257 Å². The van der Waals surface area contributed by atoms with Gasteiger partial charge in [-0.15, -0.1) is 0 Å². The topological polar surface area (TPSA) is 34.1 Å². The van der Waals surface area contributed by atoms with Gasteiger partial charge in [0.05, 0.1) is 0 Å². The summed E-state index contributed by atoms with van der Waals surface area (Å²) in [4.78, 5) is 20.4. The van der Waals surface area contributed by atoms with E-state index in [-0.39, 0.29) is 0 Å². The molecule has 0 bridgehead atoms. The SMILES string of the molecule is Cc1cccc(/C=C/CCCCCCCCCCCCCCCCC=O)c1.O=CCCCCCCCCCCCCCCCCCCC1CCCCC1. The highest BCUT2D eigenvalue weighted by Crippen LogP contribution is 2.28. The van der Waals surface area contributed by atoms with Crippen LogP contribution in [-0.2, 0) is 9.59 Å². The van der Waals surface area contributed by atoms with Gasteiger partial charge in [-0.3, -0.25) is 0 Å². The Hall–Kier alpha value is -1.70. The predicted molar refractivity (Wildman–Crippen MR) is 236 cm³/mol. The summed E-state index contributed by atoms with van der Waals surface area (Å²) in [5, 5.41) is 0. The summed E-state index contributed by atoms with van der Waals surface area (Å²) in [5.74, 6) is 1.09. The lowest BCUT2D eigenvalue weighted by Crippen LogP contribution is -2.05. The monoisotopic (exact) mass is 735 g/mol. The zero-order valence-corrected chi connectivity index (χ0v) is 35.6. The lowest BCUT2D eigenvalue weighted by molar-refractivity contribution is -0.108. The Kier molecular flexibility index (Phi) is 38.6. The van der Waals surface area contributed by atoms with Crippen LogP contribution in [0.3, 0.4) is 0 Å². The molecule has 0 saturated heterocycles. The summed E-state index contributed by atoms with van der Waals surface area (Å²) in [5.41, 5.74) is 2.66. The number of unbranched alkanes of at least 4 members (excludes halogenated alkanes) is 31. The molecule has 0 spiro atoms. The first-order valence-corrected chi connectivity index (χ1v) is 23.9. The largest absolute Gasteiger partial charge is 0.303 e. The molecule has 1 aromatic rings. The minimum atomic E-state index is 0.754. The van der Waals surface area contributed by atoms with Crippen LogP contribution in [0.2, 0.25) is 0 Å². The number of hydrogen-bond donors (Lipinski definition) is 0. The quantitative estimate of drug-likeness (QED) is 0.0504. The van der Waals surface area contributed by atoms with Crippen LogP contribution < -0.4 is 0 Å². The van der Waals surface area contributed by atoms with Gasteiger partial charge in [-0.25, -0.2) is 0 Å². The summed E-state index contributed by atoms with van der Waals surface area (Å²) in [7, 11) is 0. The zero-order valence-electron chi connectivity index (χ0n) is 35.6. The van der Waals surface area contributed by atoms with Gasteiger partial charge in [-0.05, 0) is 44.1 Å². The van der Waals surface area contributed by atoms with Crippen molar-refractivity contribution in [2.24, 2.45) is 5.92 Å². The predicted octanol–water partition coefficient (Wildman–Crippen LogP) is 17.2.